The fourth-order valence-corrected chi connectivity index (χ4v) is 0.448. The minimum absolute atomic E-state index is 0.426. The molecule has 0 aromatic rings. The Morgan fingerprint density at radius 2 is 2.00 bits per heavy atom. The summed E-state index contributed by atoms with van der Waals surface area (Å²) in [5, 5.41) is 8.61. The van der Waals surface area contributed by atoms with Gasteiger partial charge in [0.25, 0.3) is 0 Å². The first-order valence-corrected chi connectivity index (χ1v) is 2.76. The monoisotopic (exact) mass is 130 g/mol. The molecule has 0 spiro atoms. The highest BCUT2D eigenvalue weighted by atomic mass is 16.3. The van der Waals surface area contributed by atoms with Crippen molar-refractivity contribution in [2.75, 3.05) is 0 Å². The molecule has 0 saturated heterocycles. The Balaban J connectivity index is 3.87. The lowest BCUT2D eigenvalue weighted by molar-refractivity contribution is -0.132. The third-order valence-corrected chi connectivity index (χ3v) is 1.06. The zero-order chi connectivity index (χ0) is 7.44. The molecule has 9 heavy (non-hydrogen) atoms. The number of carbonyl (C=O) groups is 2. The highest BCUT2D eigenvalue weighted by Crippen LogP contribution is 1.95. The molecule has 0 radical (unpaired) electrons. The third-order valence-electron chi connectivity index (χ3n) is 1.06. The van der Waals surface area contributed by atoms with Crippen LogP contribution < -0.4 is 0 Å². The van der Waals surface area contributed by atoms with Crippen molar-refractivity contribution in [1.29, 1.82) is 0 Å². The van der Waals surface area contributed by atoms with Crippen molar-refractivity contribution in [1.82, 2.24) is 0 Å². The fourth-order valence-electron chi connectivity index (χ4n) is 0.448. The minimum Gasteiger partial charge on any atom is -0.386 e. The molecule has 3 nitrogen and oxygen atoms in total. The number of rotatable bonds is 3. The van der Waals surface area contributed by atoms with Crippen LogP contribution in [0.4, 0.5) is 0 Å². The van der Waals surface area contributed by atoms with Gasteiger partial charge in [0.05, 0.1) is 5.92 Å². The van der Waals surface area contributed by atoms with E-state index in [0.29, 0.717) is 6.29 Å². The zero-order valence-electron chi connectivity index (χ0n) is 5.50. The Morgan fingerprint density at radius 1 is 1.56 bits per heavy atom. The Labute approximate surface area is 53.7 Å². The van der Waals surface area contributed by atoms with Crippen LogP contribution in [0.2, 0.25) is 0 Å². The van der Waals surface area contributed by atoms with E-state index in [1.807, 2.05) is 0 Å². The predicted octanol–water partition coefficient (Wildman–Crippen LogP) is -0.229. The highest BCUT2D eigenvalue weighted by Gasteiger charge is 2.15. The van der Waals surface area contributed by atoms with Crippen molar-refractivity contribution >= 4 is 12.1 Å². The molecule has 0 rings (SSSR count). The van der Waals surface area contributed by atoms with Crippen LogP contribution >= 0.6 is 0 Å². The summed E-state index contributed by atoms with van der Waals surface area (Å²) in [6.45, 7) is 2.81. The summed E-state index contributed by atoms with van der Waals surface area (Å²) in [7, 11) is 0. The molecule has 2 unspecified atom stereocenters. The van der Waals surface area contributed by atoms with E-state index in [-0.39, 0.29) is 0 Å². The van der Waals surface area contributed by atoms with Crippen molar-refractivity contribution in [2.45, 2.75) is 20.0 Å². The fraction of sp³-hybridized carbons (Fsp3) is 0.667. The van der Waals surface area contributed by atoms with E-state index in [4.69, 9.17) is 5.11 Å². The van der Waals surface area contributed by atoms with E-state index >= 15 is 0 Å². The van der Waals surface area contributed by atoms with Crippen LogP contribution in [0.5, 0.6) is 0 Å². The number of aldehydes is 1. The molecule has 0 aromatic heterocycles. The molecule has 1 N–H and O–H groups in total. The summed E-state index contributed by atoms with van der Waals surface area (Å²) in [5.41, 5.74) is 0. The molecular weight excluding hydrogens is 120 g/mol. The van der Waals surface area contributed by atoms with E-state index in [1.54, 1.807) is 0 Å². The Morgan fingerprint density at radius 3 is 2.11 bits per heavy atom. The van der Waals surface area contributed by atoms with Gasteiger partial charge in [-0.15, -0.1) is 0 Å². The van der Waals surface area contributed by atoms with Gasteiger partial charge in [0, 0.05) is 0 Å². The second-order valence-corrected chi connectivity index (χ2v) is 2.00. The average Bonchev–Trinajstić information content (AvgIpc) is 1.84. The van der Waals surface area contributed by atoms with Gasteiger partial charge in [0.2, 0.25) is 0 Å². The van der Waals surface area contributed by atoms with Gasteiger partial charge in [-0.2, -0.15) is 0 Å². The summed E-state index contributed by atoms with van der Waals surface area (Å²) in [4.78, 5) is 20.5. The smallest absolute Gasteiger partial charge is 0.170 e. The molecule has 3 heteroatoms. The van der Waals surface area contributed by atoms with Crippen LogP contribution in [0.1, 0.15) is 13.8 Å². The van der Waals surface area contributed by atoms with Gasteiger partial charge in [0.15, 0.2) is 5.78 Å². The lowest BCUT2D eigenvalue weighted by Crippen LogP contribution is -2.24. The molecule has 2 atom stereocenters. The molecule has 0 aromatic carbocycles. The molecule has 0 heterocycles. The van der Waals surface area contributed by atoms with E-state index in [1.165, 1.54) is 13.8 Å². The topological polar surface area (TPSA) is 54.4 Å². The maximum atomic E-state index is 10.6. The first kappa shape index (κ1) is 8.30. The van der Waals surface area contributed by atoms with Crippen LogP contribution in [0, 0.1) is 5.92 Å². The molecule has 0 aliphatic carbocycles. The standard InChI is InChI=1S/C6H10O3/c1-4(3-7)6(9)5(2)8/h3-5,8H,1-2H3. The SMILES string of the molecule is CC(O)C(=O)C(C)C=O. The average molecular weight is 130 g/mol. The number of aliphatic hydroxyl groups excluding tert-OH is 1. The van der Waals surface area contributed by atoms with Gasteiger partial charge < -0.3 is 9.90 Å². The van der Waals surface area contributed by atoms with E-state index in [9.17, 15) is 9.59 Å². The molecular formula is C6H10O3. The first-order valence-electron chi connectivity index (χ1n) is 2.76. The Hall–Kier alpha value is -0.700. The Bertz CT molecular complexity index is 117. The number of aliphatic hydroxyl groups is 1. The summed E-state index contributed by atoms with van der Waals surface area (Å²) in [5.74, 6) is -1.10. The van der Waals surface area contributed by atoms with Crippen LogP contribution in [0.3, 0.4) is 0 Å². The van der Waals surface area contributed by atoms with E-state index in [0.717, 1.165) is 0 Å². The summed E-state index contributed by atoms with van der Waals surface area (Å²) in [6, 6.07) is 0. The largest absolute Gasteiger partial charge is 0.386 e. The van der Waals surface area contributed by atoms with Gasteiger partial charge in [-0.25, -0.2) is 0 Å². The lowest BCUT2D eigenvalue weighted by atomic mass is 10.1. The van der Waals surface area contributed by atoms with Crippen LogP contribution in [-0.2, 0) is 9.59 Å². The second kappa shape index (κ2) is 3.35. The number of carbonyl (C=O) groups excluding carboxylic acids is 2. The summed E-state index contributed by atoms with van der Waals surface area (Å²) in [6.07, 6.45) is -0.500. The van der Waals surface area contributed by atoms with E-state index in [2.05, 4.69) is 0 Å². The van der Waals surface area contributed by atoms with Crippen LogP contribution in [-0.4, -0.2) is 23.3 Å². The molecule has 0 bridgehead atoms. The molecule has 0 amide bonds. The van der Waals surface area contributed by atoms with Crippen molar-refractivity contribution in [3.8, 4) is 0 Å². The van der Waals surface area contributed by atoms with Crippen molar-refractivity contribution in [2.24, 2.45) is 5.92 Å². The van der Waals surface area contributed by atoms with Crippen LogP contribution in [0.15, 0.2) is 0 Å². The second-order valence-electron chi connectivity index (χ2n) is 2.00. The normalized spacial score (nSPS) is 16.3. The maximum absolute atomic E-state index is 10.6. The van der Waals surface area contributed by atoms with Crippen LogP contribution in [0.25, 0.3) is 0 Å². The molecule has 0 saturated carbocycles. The van der Waals surface area contributed by atoms with Gasteiger partial charge >= 0.3 is 0 Å². The van der Waals surface area contributed by atoms with Gasteiger partial charge in [-0.3, -0.25) is 4.79 Å². The van der Waals surface area contributed by atoms with Gasteiger partial charge in [0.1, 0.15) is 12.4 Å². The van der Waals surface area contributed by atoms with Gasteiger partial charge in [-0.05, 0) is 13.8 Å². The number of ketones is 1. The number of Topliss-reactive ketones (excluding diaryl/α,β-unsaturated/α-hetero) is 1. The van der Waals surface area contributed by atoms with Gasteiger partial charge in [-0.1, -0.05) is 0 Å². The molecule has 0 fully saturated rings. The number of hydrogen-bond donors (Lipinski definition) is 1. The first-order chi connectivity index (χ1) is 4.09. The number of hydrogen-bond acceptors (Lipinski definition) is 3. The quantitative estimate of drug-likeness (QED) is 0.424. The van der Waals surface area contributed by atoms with Crippen molar-refractivity contribution < 1.29 is 14.7 Å². The van der Waals surface area contributed by atoms with E-state index < -0.39 is 17.8 Å². The molecule has 0 aliphatic heterocycles. The Kier molecular flexibility index (Phi) is 3.09. The maximum Gasteiger partial charge on any atom is 0.170 e. The zero-order valence-corrected chi connectivity index (χ0v) is 5.50. The molecule has 0 aliphatic rings. The summed E-state index contributed by atoms with van der Waals surface area (Å²) >= 11 is 0. The summed E-state index contributed by atoms with van der Waals surface area (Å²) < 4.78 is 0. The lowest BCUT2D eigenvalue weighted by Gasteiger charge is -2.03. The van der Waals surface area contributed by atoms with Crippen molar-refractivity contribution in [3.05, 3.63) is 0 Å². The van der Waals surface area contributed by atoms with Crippen molar-refractivity contribution in [3.63, 3.8) is 0 Å². The minimum atomic E-state index is -1.02. The highest BCUT2D eigenvalue weighted by molar-refractivity contribution is 5.95. The predicted molar refractivity (Wildman–Crippen MR) is 31.9 cm³/mol. The third kappa shape index (κ3) is 2.37. The molecule has 52 valence electrons.